The fourth-order valence-corrected chi connectivity index (χ4v) is 3.49. The maximum Gasteiger partial charge on any atom is 0.265 e. The van der Waals surface area contributed by atoms with Crippen LogP contribution < -0.4 is 0 Å². The van der Waals surface area contributed by atoms with E-state index in [9.17, 15) is 4.79 Å². The second-order valence-corrected chi connectivity index (χ2v) is 6.35. The Labute approximate surface area is 130 Å². The number of aromatic nitrogens is 3. The molecule has 0 aliphatic heterocycles. The molecule has 0 N–H and O–H groups in total. The van der Waals surface area contributed by atoms with Gasteiger partial charge in [0.25, 0.3) is 5.91 Å². The second kappa shape index (κ2) is 6.19. The quantitative estimate of drug-likeness (QED) is 0.727. The lowest BCUT2D eigenvalue weighted by molar-refractivity contribution is 0.0793. The molecule has 3 aromatic heterocycles. The lowest BCUT2D eigenvalue weighted by Crippen LogP contribution is -2.29. The van der Waals surface area contributed by atoms with Crippen molar-refractivity contribution in [1.29, 1.82) is 0 Å². The van der Waals surface area contributed by atoms with Crippen LogP contribution in [0, 0.1) is 0 Å². The minimum atomic E-state index is 0.00105. The second-order valence-electron chi connectivity index (χ2n) is 4.54. The zero-order chi connectivity index (χ0) is 14.7. The first kappa shape index (κ1) is 14.0. The van der Waals surface area contributed by atoms with Crippen molar-refractivity contribution >= 4 is 28.6 Å². The molecule has 0 spiro atoms. The van der Waals surface area contributed by atoms with E-state index in [0.717, 1.165) is 10.6 Å². The van der Waals surface area contributed by atoms with Gasteiger partial charge in [0.05, 0.1) is 12.7 Å². The number of hydrogen-bond donors (Lipinski definition) is 0. The highest BCUT2D eigenvalue weighted by Gasteiger charge is 2.16. The third-order valence-corrected chi connectivity index (χ3v) is 4.77. The van der Waals surface area contributed by atoms with Gasteiger partial charge in [-0.15, -0.1) is 11.3 Å². The number of thiazole rings is 1. The number of likely N-dealkylation sites (N-methyl/N-ethyl adjacent to an activating group) is 1. The van der Waals surface area contributed by atoms with Crippen LogP contribution in [0.15, 0.2) is 41.5 Å². The van der Waals surface area contributed by atoms with Crippen molar-refractivity contribution in [3.63, 3.8) is 0 Å². The average molecular weight is 318 g/mol. The Kier molecular flexibility index (Phi) is 4.12. The highest BCUT2D eigenvalue weighted by molar-refractivity contribution is 7.17. The van der Waals surface area contributed by atoms with Crippen LogP contribution >= 0.6 is 22.7 Å². The Morgan fingerprint density at radius 2 is 2.38 bits per heavy atom. The summed E-state index contributed by atoms with van der Waals surface area (Å²) in [6.07, 6.45) is 5.28. The van der Waals surface area contributed by atoms with Crippen LogP contribution in [-0.4, -0.2) is 39.2 Å². The van der Waals surface area contributed by atoms with E-state index in [4.69, 9.17) is 0 Å². The molecule has 0 aliphatic rings. The molecule has 0 fully saturated rings. The van der Waals surface area contributed by atoms with Crippen molar-refractivity contribution in [3.05, 3.63) is 46.4 Å². The van der Waals surface area contributed by atoms with Crippen molar-refractivity contribution in [2.75, 3.05) is 13.6 Å². The maximum absolute atomic E-state index is 12.4. The summed E-state index contributed by atoms with van der Waals surface area (Å²) in [5.41, 5.74) is 1.07. The van der Waals surface area contributed by atoms with E-state index in [1.165, 1.54) is 11.3 Å². The van der Waals surface area contributed by atoms with Crippen LogP contribution in [0.1, 0.15) is 9.67 Å². The third kappa shape index (κ3) is 3.20. The van der Waals surface area contributed by atoms with Gasteiger partial charge in [-0.05, 0) is 17.5 Å². The predicted molar refractivity (Wildman–Crippen MR) is 84.6 cm³/mol. The molecule has 7 heteroatoms. The van der Waals surface area contributed by atoms with Gasteiger partial charge in [0.15, 0.2) is 0 Å². The number of thiophene rings is 1. The van der Waals surface area contributed by atoms with Gasteiger partial charge in [-0.3, -0.25) is 9.48 Å². The van der Waals surface area contributed by atoms with Crippen molar-refractivity contribution in [2.24, 2.45) is 0 Å². The summed E-state index contributed by atoms with van der Waals surface area (Å²) < 4.78 is 1.81. The summed E-state index contributed by atoms with van der Waals surface area (Å²) in [4.78, 5) is 19.1. The van der Waals surface area contributed by atoms with Gasteiger partial charge in [0.2, 0.25) is 0 Å². The molecule has 3 heterocycles. The van der Waals surface area contributed by atoms with Gasteiger partial charge in [-0.1, -0.05) is 0 Å². The van der Waals surface area contributed by atoms with Crippen molar-refractivity contribution in [1.82, 2.24) is 19.7 Å². The van der Waals surface area contributed by atoms with Gasteiger partial charge < -0.3 is 4.90 Å². The Bertz CT molecular complexity index is 703. The van der Waals surface area contributed by atoms with Crippen LogP contribution in [0.4, 0.5) is 0 Å². The monoisotopic (exact) mass is 318 g/mol. The first-order valence-electron chi connectivity index (χ1n) is 6.45. The minimum absolute atomic E-state index is 0.00105. The fourth-order valence-electron chi connectivity index (χ4n) is 1.87. The standard InChI is InChI=1S/C14H14N4OS2/c1-17(6-7-18-5-2-4-16-18)14(19)12-9-15-13(21-12)11-3-8-20-10-11/h2-5,8-10H,6-7H2,1H3. The molecule has 0 saturated heterocycles. The summed E-state index contributed by atoms with van der Waals surface area (Å²) >= 11 is 3.06. The molecule has 0 atom stereocenters. The molecular weight excluding hydrogens is 304 g/mol. The highest BCUT2D eigenvalue weighted by Crippen LogP contribution is 2.27. The minimum Gasteiger partial charge on any atom is -0.339 e. The van der Waals surface area contributed by atoms with Gasteiger partial charge in [-0.2, -0.15) is 16.4 Å². The van der Waals surface area contributed by atoms with Gasteiger partial charge in [0.1, 0.15) is 9.88 Å². The van der Waals surface area contributed by atoms with E-state index >= 15 is 0 Å². The number of nitrogens with zero attached hydrogens (tertiary/aromatic N) is 4. The highest BCUT2D eigenvalue weighted by atomic mass is 32.1. The summed E-state index contributed by atoms with van der Waals surface area (Å²) in [6, 6.07) is 3.89. The Morgan fingerprint density at radius 1 is 1.48 bits per heavy atom. The Balaban J connectivity index is 1.64. The van der Waals surface area contributed by atoms with E-state index in [1.54, 1.807) is 35.7 Å². The largest absolute Gasteiger partial charge is 0.339 e. The van der Waals surface area contributed by atoms with E-state index in [0.29, 0.717) is 18.0 Å². The molecule has 21 heavy (non-hydrogen) atoms. The molecule has 1 amide bonds. The zero-order valence-corrected chi connectivity index (χ0v) is 13.1. The average Bonchev–Trinajstić information content (AvgIpc) is 3.25. The topological polar surface area (TPSA) is 51.0 Å². The molecule has 0 aliphatic carbocycles. The Morgan fingerprint density at radius 3 is 3.10 bits per heavy atom. The van der Waals surface area contributed by atoms with Crippen LogP contribution in [-0.2, 0) is 6.54 Å². The molecule has 108 valence electrons. The van der Waals surface area contributed by atoms with Crippen molar-refractivity contribution in [3.8, 4) is 10.6 Å². The zero-order valence-electron chi connectivity index (χ0n) is 11.5. The first-order valence-corrected chi connectivity index (χ1v) is 8.21. The number of rotatable bonds is 5. The predicted octanol–water partition coefficient (Wildman–Crippen LogP) is 2.84. The summed E-state index contributed by atoms with van der Waals surface area (Å²) in [6.45, 7) is 1.30. The smallest absolute Gasteiger partial charge is 0.265 e. The van der Waals surface area contributed by atoms with Crippen molar-refractivity contribution < 1.29 is 4.79 Å². The molecule has 0 aromatic carbocycles. The molecule has 3 rings (SSSR count). The molecule has 0 unspecified atom stereocenters. The maximum atomic E-state index is 12.4. The molecule has 0 radical (unpaired) electrons. The van der Waals surface area contributed by atoms with E-state index < -0.39 is 0 Å². The van der Waals surface area contributed by atoms with Gasteiger partial charge >= 0.3 is 0 Å². The van der Waals surface area contributed by atoms with E-state index in [2.05, 4.69) is 10.1 Å². The van der Waals surface area contributed by atoms with Gasteiger partial charge in [-0.25, -0.2) is 4.98 Å². The van der Waals surface area contributed by atoms with Crippen LogP contribution in [0.2, 0.25) is 0 Å². The van der Waals surface area contributed by atoms with Crippen LogP contribution in [0.5, 0.6) is 0 Å². The molecule has 3 aromatic rings. The summed E-state index contributed by atoms with van der Waals surface area (Å²) in [5, 5.41) is 9.06. The SMILES string of the molecule is CN(CCn1cccn1)C(=O)c1cnc(-c2ccsc2)s1. The van der Waals surface area contributed by atoms with Crippen LogP contribution in [0.25, 0.3) is 10.6 Å². The third-order valence-electron chi connectivity index (χ3n) is 3.05. The Hall–Kier alpha value is -1.99. The van der Waals surface area contributed by atoms with Crippen molar-refractivity contribution in [2.45, 2.75) is 6.54 Å². The number of amides is 1. The lowest BCUT2D eigenvalue weighted by atomic mass is 10.4. The summed E-state index contributed by atoms with van der Waals surface area (Å²) in [5.74, 6) is 0.00105. The van der Waals surface area contributed by atoms with Gasteiger partial charge in [0, 0.05) is 36.9 Å². The van der Waals surface area contributed by atoms with E-state index in [1.807, 2.05) is 33.8 Å². The molecular formula is C14H14N4OS2. The number of hydrogen-bond acceptors (Lipinski definition) is 5. The molecule has 0 bridgehead atoms. The molecule has 0 saturated carbocycles. The number of carbonyl (C=O) groups is 1. The number of carbonyl (C=O) groups excluding carboxylic acids is 1. The summed E-state index contributed by atoms with van der Waals surface area (Å²) in [7, 11) is 1.80. The first-order chi connectivity index (χ1) is 10.2. The fraction of sp³-hybridized carbons (Fsp3) is 0.214. The van der Waals surface area contributed by atoms with Crippen LogP contribution in [0.3, 0.4) is 0 Å². The molecule has 5 nitrogen and oxygen atoms in total. The van der Waals surface area contributed by atoms with E-state index in [-0.39, 0.29) is 5.91 Å². The lowest BCUT2D eigenvalue weighted by Gasteiger charge is -2.15. The normalized spacial score (nSPS) is 10.7.